The Kier molecular flexibility index (Phi) is 3.58. The first-order chi connectivity index (χ1) is 11.5. The number of hydrogen-bond acceptors (Lipinski definition) is 3. The Bertz CT molecular complexity index is 668. The number of nitrogens with zero attached hydrogens (tertiary/aromatic N) is 2. The molecule has 0 spiro atoms. The molecule has 0 saturated carbocycles. The molecule has 3 aliphatic heterocycles. The van der Waals surface area contributed by atoms with Crippen molar-refractivity contribution in [3.05, 3.63) is 48.0 Å². The lowest BCUT2D eigenvalue weighted by Gasteiger charge is -2.31. The SMILES string of the molecule is C[N+](C)(CCN1C(=O)[C@@H]2[C@H](C1=O)[C@H]1C=C[C@@H]2O1)Cc1ccccc1. The summed E-state index contributed by atoms with van der Waals surface area (Å²) >= 11 is 0. The fourth-order valence-corrected chi connectivity index (χ4v) is 4.11. The summed E-state index contributed by atoms with van der Waals surface area (Å²) in [6.45, 7) is 2.10. The number of quaternary nitrogens is 1. The first-order valence-corrected chi connectivity index (χ1v) is 8.51. The minimum atomic E-state index is -0.294. The maximum atomic E-state index is 12.6. The molecule has 3 heterocycles. The van der Waals surface area contributed by atoms with Gasteiger partial charge in [0.2, 0.25) is 11.8 Å². The van der Waals surface area contributed by atoms with Crippen LogP contribution in [-0.4, -0.2) is 60.6 Å². The molecule has 1 aromatic carbocycles. The molecule has 5 heteroatoms. The van der Waals surface area contributed by atoms with E-state index in [9.17, 15) is 9.59 Å². The molecule has 2 bridgehead atoms. The van der Waals surface area contributed by atoms with E-state index in [0.29, 0.717) is 6.54 Å². The summed E-state index contributed by atoms with van der Waals surface area (Å²) in [6, 6.07) is 10.3. The number of carbonyl (C=O) groups is 2. The second-order valence-electron chi connectivity index (χ2n) is 7.63. The van der Waals surface area contributed by atoms with E-state index in [2.05, 4.69) is 26.2 Å². The molecule has 24 heavy (non-hydrogen) atoms. The fraction of sp³-hybridized carbons (Fsp3) is 0.474. The van der Waals surface area contributed by atoms with Crippen LogP contribution in [0.15, 0.2) is 42.5 Å². The number of benzene rings is 1. The number of ether oxygens (including phenoxy) is 1. The van der Waals surface area contributed by atoms with Crippen molar-refractivity contribution >= 4 is 11.8 Å². The van der Waals surface area contributed by atoms with Crippen molar-refractivity contribution in [2.24, 2.45) is 11.8 Å². The first-order valence-electron chi connectivity index (χ1n) is 8.51. The molecule has 126 valence electrons. The molecule has 0 aliphatic carbocycles. The monoisotopic (exact) mass is 327 g/mol. The predicted molar refractivity (Wildman–Crippen MR) is 88.6 cm³/mol. The molecule has 0 radical (unpaired) electrons. The number of amides is 2. The van der Waals surface area contributed by atoms with Crippen LogP contribution in [0, 0.1) is 11.8 Å². The van der Waals surface area contributed by atoms with Crippen LogP contribution in [0.3, 0.4) is 0 Å². The van der Waals surface area contributed by atoms with Gasteiger partial charge in [0.15, 0.2) is 0 Å². The highest BCUT2D eigenvalue weighted by Crippen LogP contribution is 2.44. The molecule has 2 amide bonds. The normalized spacial score (nSPS) is 31.2. The molecule has 1 aromatic rings. The molecule has 0 aromatic heterocycles. The van der Waals surface area contributed by atoms with Gasteiger partial charge in [-0.15, -0.1) is 0 Å². The molecule has 2 saturated heterocycles. The van der Waals surface area contributed by atoms with Gasteiger partial charge in [-0.25, -0.2) is 0 Å². The maximum Gasteiger partial charge on any atom is 0.236 e. The molecular weight excluding hydrogens is 304 g/mol. The van der Waals surface area contributed by atoms with Crippen LogP contribution in [0.1, 0.15) is 5.56 Å². The molecule has 2 fully saturated rings. The summed E-state index contributed by atoms with van der Waals surface area (Å²) in [5.74, 6) is -0.697. The number of likely N-dealkylation sites (tertiary alicyclic amines) is 1. The van der Waals surface area contributed by atoms with E-state index in [4.69, 9.17) is 4.74 Å². The third-order valence-electron chi connectivity index (χ3n) is 5.38. The van der Waals surface area contributed by atoms with E-state index >= 15 is 0 Å². The molecule has 3 aliphatic rings. The Labute approximate surface area is 142 Å². The Hall–Kier alpha value is -1.98. The molecule has 0 N–H and O–H groups in total. The van der Waals surface area contributed by atoms with Gasteiger partial charge in [-0.1, -0.05) is 42.5 Å². The number of likely N-dealkylation sites (N-methyl/N-ethyl adjacent to an activating group) is 1. The Balaban J connectivity index is 1.41. The zero-order valence-corrected chi connectivity index (χ0v) is 14.1. The highest BCUT2D eigenvalue weighted by Gasteiger charge is 2.60. The van der Waals surface area contributed by atoms with E-state index in [-0.39, 0.29) is 35.9 Å². The Morgan fingerprint density at radius 2 is 1.58 bits per heavy atom. The fourth-order valence-electron chi connectivity index (χ4n) is 4.11. The second-order valence-corrected chi connectivity index (χ2v) is 7.63. The van der Waals surface area contributed by atoms with Gasteiger partial charge in [0.25, 0.3) is 0 Å². The smallest absolute Gasteiger partial charge is 0.236 e. The largest absolute Gasteiger partial charge is 0.365 e. The number of fused-ring (bicyclic) bond motifs is 5. The van der Waals surface area contributed by atoms with E-state index in [1.165, 1.54) is 10.5 Å². The minimum absolute atomic E-state index is 0.0541. The number of imide groups is 1. The molecule has 4 atom stereocenters. The Morgan fingerprint density at radius 3 is 2.17 bits per heavy atom. The van der Waals surface area contributed by atoms with Crippen molar-refractivity contribution in [3.63, 3.8) is 0 Å². The summed E-state index contributed by atoms with van der Waals surface area (Å²) in [5, 5.41) is 0. The summed E-state index contributed by atoms with van der Waals surface area (Å²) in [5.41, 5.74) is 1.26. The second kappa shape index (κ2) is 5.53. The number of rotatable bonds is 5. The van der Waals surface area contributed by atoms with Gasteiger partial charge >= 0.3 is 0 Å². The quantitative estimate of drug-likeness (QED) is 0.464. The summed E-state index contributed by atoms with van der Waals surface area (Å²) in [7, 11) is 4.26. The van der Waals surface area contributed by atoms with Gasteiger partial charge < -0.3 is 9.22 Å². The maximum absolute atomic E-state index is 12.6. The number of carbonyl (C=O) groups excluding carboxylic acids is 2. The van der Waals surface area contributed by atoms with Crippen LogP contribution in [0.2, 0.25) is 0 Å². The van der Waals surface area contributed by atoms with Crippen molar-refractivity contribution in [1.82, 2.24) is 4.90 Å². The van der Waals surface area contributed by atoms with Crippen LogP contribution < -0.4 is 0 Å². The van der Waals surface area contributed by atoms with Gasteiger partial charge in [0.05, 0.1) is 51.2 Å². The lowest BCUT2D eigenvalue weighted by molar-refractivity contribution is -0.902. The van der Waals surface area contributed by atoms with E-state index in [0.717, 1.165) is 17.6 Å². The van der Waals surface area contributed by atoms with Gasteiger partial charge in [0.1, 0.15) is 6.54 Å². The van der Waals surface area contributed by atoms with Crippen molar-refractivity contribution in [2.45, 2.75) is 18.8 Å². The van der Waals surface area contributed by atoms with Crippen molar-refractivity contribution in [1.29, 1.82) is 0 Å². The van der Waals surface area contributed by atoms with Gasteiger partial charge in [-0.2, -0.15) is 0 Å². The van der Waals surface area contributed by atoms with Crippen molar-refractivity contribution < 1.29 is 18.8 Å². The lowest BCUT2D eigenvalue weighted by Crippen LogP contribution is -2.47. The van der Waals surface area contributed by atoms with Crippen LogP contribution in [0.5, 0.6) is 0 Å². The average Bonchev–Trinajstić information content (AvgIpc) is 3.21. The highest BCUT2D eigenvalue weighted by atomic mass is 16.5. The standard InChI is InChI=1S/C19H23N2O3/c1-21(2,12-13-6-4-3-5-7-13)11-10-20-18(22)16-14-8-9-15(24-14)17(16)19(20)23/h3-9,14-17H,10-12H2,1-2H3/q+1/t14-,15+,16-,17+. The van der Waals surface area contributed by atoms with Crippen molar-refractivity contribution in [2.75, 3.05) is 27.2 Å². The topological polar surface area (TPSA) is 46.6 Å². The number of hydrogen-bond donors (Lipinski definition) is 0. The molecular formula is C19H23N2O3+. The van der Waals surface area contributed by atoms with E-state index < -0.39 is 0 Å². The predicted octanol–water partition coefficient (Wildman–Crippen LogP) is 1.20. The third-order valence-corrected chi connectivity index (χ3v) is 5.38. The summed E-state index contributed by atoms with van der Waals surface area (Å²) in [4.78, 5) is 26.8. The van der Waals surface area contributed by atoms with Crippen LogP contribution in [-0.2, 0) is 20.9 Å². The van der Waals surface area contributed by atoms with Gasteiger partial charge in [-0.3, -0.25) is 14.5 Å². The zero-order valence-electron chi connectivity index (χ0n) is 14.1. The minimum Gasteiger partial charge on any atom is -0.365 e. The van der Waals surface area contributed by atoms with Gasteiger partial charge in [0, 0.05) is 5.56 Å². The summed E-state index contributed by atoms with van der Waals surface area (Å²) < 4.78 is 6.40. The first kappa shape index (κ1) is 15.5. The van der Waals surface area contributed by atoms with E-state index in [1.54, 1.807) is 0 Å². The molecule has 5 nitrogen and oxygen atoms in total. The van der Waals surface area contributed by atoms with E-state index in [1.807, 2.05) is 30.4 Å². The average molecular weight is 327 g/mol. The van der Waals surface area contributed by atoms with Crippen LogP contribution in [0.25, 0.3) is 0 Å². The lowest BCUT2D eigenvalue weighted by atomic mass is 9.85. The highest BCUT2D eigenvalue weighted by molar-refractivity contribution is 6.06. The third kappa shape index (κ3) is 2.48. The van der Waals surface area contributed by atoms with Crippen LogP contribution >= 0.6 is 0 Å². The van der Waals surface area contributed by atoms with Gasteiger partial charge in [-0.05, 0) is 0 Å². The Morgan fingerprint density at radius 1 is 1.00 bits per heavy atom. The van der Waals surface area contributed by atoms with Crippen LogP contribution in [0.4, 0.5) is 0 Å². The molecule has 4 rings (SSSR count). The molecule has 0 unspecified atom stereocenters. The zero-order chi connectivity index (χ0) is 16.9. The summed E-state index contributed by atoms with van der Waals surface area (Å²) in [6.07, 6.45) is 3.45. The van der Waals surface area contributed by atoms with Crippen molar-refractivity contribution in [3.8, 4) is 0 Å².